The molecule has 0 aliphatic heterocycles. The Morgan fingerprint density at radius 1 is 1.18 bits per heavy atom. The van der Waals surface area contributed by atoms with E-state index in [9.17, 15) is 4.79 Å². The highest BCUT2D eigenvalue weighted by Gasteiger charge is 2.13. The molecule has 0 fully saturated rings. The number of hydrogen-bond donors (Lipinski definition) is 1. The van der Waals surface area contributed by atoms with Crippen molar-refractivity contribution in [3.05, 3.63) is 58.1 Å². The third-order valence-electron chi connectivity index (χ3n) is 3.07. The Morgan fingerprint density at radius 2 is 1.95 bits per heavy atom. The average Bonchev–Trinajstić information content (AvgIpc) is 2.51. The first kappa shape index (κ1) is 16.7. The largest absolute Gasteiger partial charge is 0.493 e. The fourth-order valence-corrected chi connectivity index (χ4v) is 2.34. The summed E-state index contributed by atoms with van der Waals surface area (Å²) < 4.78 is 5.67. The summed E-state index contributed by atoms with van der Waals surface area (Å²) in [6, 6.07) is 12.1. The van der Waals surface area contributed by atoms with Crippen molar-refractivity contribution in [2.45, 2.75) is 19.8 Å². The van der Waals surface area contributed by atoms with Crippen molar-refractivity contribution in [2.75, 3.05) is 11.9 Å². The van der Waals surface area contributed by atoms with Gasteiger partial charge in [0, 0.05) is 5.02 Å². The number of benzene rings is 2. The number of nitrogens with one attached hydrogen (secondary N) is 1. The number of anilines is 1. The van der Waals surface area contributed by atoms with Crippen molar-refractivity contribution in [2.24, 2.45) is 0 Å². The van der Waals surface area contributed by atoms with Crippen molar-refractivity contribution in [1.82, 2.24) is 0 Å². The zero-order chi connectivity index (χ0) is 15.9. The Morgan fingerprint density at radius 3 is 2.68 bits per heavy atom. The molecule has 2 rings (SSSR count). The molecule has 0 unspecified atom stereocenters. The molecule has 0 aromatic heterocycles. The van der Waals surface area contributed by atoms with Crippen LogP contribution in [0, 0.1) is 0 Å². The van der Waals surface area contributed by atoms with Gasteiger partial charge in [-0.15, -0.1) is 0 Å². The molecule has 5 heteroatoms. The highest BCUT2D eigenvalue weighted by atomic mass is 35.5. The molecule has 22 heavy (non-hydrogen) atoms. The summed E-state index contributed by atoms with van der Waals surface area (Å²) in [6.45, 7) is 2.67. The van der Waals surface area contributed by atoms with Gasteiger partial charge in [0.25, 0.3) is 5.91 Å². The Labute approximate surface area is 140 Å². The van der Waals surface area contributed by atoms with Gasteiger partial charge in [-0.2, -0.15) is 0 Å². The van der Waals surface area contributed by atoms with E-state index in [0.29, 0.717) is 33.7 Å². The number of carbonyl (C=O) groups excluding carboxylic acids is 1. The highest BCUT2D eigenvalue weighted by Crippen LogP contribution is 2.27. The maximum absolute atomic E-state index is 12.4. The van der Waals surface area contributed by atoms with Crippen LogP contribution in [-0.2, 0) is 0 Å². The smallest absolute Gasteiger partial charge is 0.259 e. The predicted molar refractivity (Wildman–Crippen MR) is 91.3 cm³/mol. The van der Waals surface area contributed by atoms with Crippen LogP contribution in [-0.4, -0.2) is 12.5 Å². The highest BCUT2D eigenvalue weighted by molar-refractivity contribution is 6.36. The summed E-state index contributed by atoms with van der Waals surface area (Å²) in [5.74, 6) is 0.301. The number of rotatable bonds is 6. The van der Waals surface area contributed by atoms with Crippen LogP contribution >= 0.6 is 23.2 Å². The van der Waals surface area contributed by atoms with E-state index in [4.69, 9.17) is 27.9 Å². The molecular weight excluding hydrogens is 321 g/mol. The minimum Gasteiger partial charge on any atom is -0.493 e. The third kappa shape index (κ3) is 4.39. The first-order chi connectivity index (χ1) is 10.6. The maximum Gasteiger partial charge on any atom is 0.259 e. The summed E-state index contributed by atoms with van der Waals surface area (Å²) in [6.07, 6.45) is 1.98. The van der Waals surface area contributed by atoms with Crippen molar-refractivity contribution < 1.29 is 9.53 Å². The summed E-state index contributed by atoms with van der Waals surface area (Å²) in [7, 11) is 0. The van der Waals surface area contributed by atoms with E-state index >= 15 is 0 Å². The van der Waals surface area contributed by atoms with Crippen LogP contribution in [0.4, 0.5) is 5.69 Å². The van der Waals surface area contributed by atoms with Gasteiger partial charge in [-0.25, -0.2) is 0 Å². The van der Waals surface area contributed by atoms with Crippen LogP contribution in [0.3, 0.4) is 0 Å². The Balaban J connectivity index is 2.15. The summed E-state index contributed by atoms with van der Waals surface area (Å²) in [5.41, 5.74) is 0.990. The van der Waals surface area contributed by atoms with E-state index in [1.807, 2.05) is 6.07 Å². The second-order valence-electron chi connectivity index (χ2n) is 4.78. The van der Waals surface area contributed by atoms with Gasteiger partial charge in [0.05, 0.1) is 22.9 Å². The SMILES string of the molecule is CCCCOc1ccccc1C(=O)Nc1ccc(Cl)cc1Cl. The van der Waals surface area contributed by atoms with Crippen LogP contribution in [0.25, 0.3) is 0 Å². The number of unbranched alkanes of at least 4 members (excludes halogenated alkanes) is 1. The Kier molecular flexibility index (Phi) is 6.10. The normalized spacial score (nSPS) is 10.3. The van der Waals surface area contributed by atoms with Gasteiger partial charge in [0.15, 0.2) is 0 Å². The quantitative estimate of drug-likeness (QED) is 0.714. The van der Waals surface area contributed by atoms with E-state index in [2.05, 4.69) is 12.2 Å². The van der Waals surface area contributed by atoms with E-state index in [-0.39, 0.29) is 5.91 Å². The lowest BCUT2D eigenvalue weighted by molar-refractivity contribution is 0.102. The summed E-state index contributed by atoms with van der Waals surface area (Å²) >= 11 is 11.9. The van der Waals surface area contributed by atoms with Gasteiger partial charge in [-0.05, 0) is 36.8 Å². The van der Waals surface area contributed by atoms with Gasteiger partial charge >= 0.3 is 0 Å². The van der Waals surface area contributed by atoms with Crippen molar-refractivity contribution in [3.8, 4) is 5.75 Å². The van der Waals surface area contributed by atoms with E-state index in [1.54, 1.807) is 36.4 Å². The lowest BCUT2D eigenvalue weighted by Crippen LogP contribution is -2.14. The first-order valence-electron chi connectivity index (χ1n) is 7.10. The molecule has 0 radical (unpaired) electrons. The molecule has 0 saturated heterocycles. The fraction of sp³-hybridized carbons (Fsp3) is 0.235. The molecule has 1 amide bonds. The molecule has 0 bridgehead atoms. The first-order valence-corrected chi connectivity index (χ1v) is 7.85. The molecule has 2 aromatic carbocycles. The molecule has 0 saturated carbocycles. The van der Waals surface area contributed by atoms with Gasteiger partial charge < -0.3 is 10.1 Å². The van der Waals surface area contributed by atoms with Crippen LogP contribution in [0.5, 0.6) is 5.75 Å². The van der Waals surface area contributed by atoms with Gasteiger partial charge in [-0.1, -0.05) is 48.7 Å². The predicted octanol–water partition coefficient (Wildman–Crippen LogP) is 5.42. The second kappa shape index (κ2) is 8.06. The second-order valence-corrected chi connectivity index (χ2v) is 5.62. The van der Waals surface area contributed by atoms with E-state index in [1.165, 1.54) is 0 Å². The minimum atomic E-state index is -0.267. The number of carbonyl (C=O) groups is 1. The summed E-state index contributed by atoms with van der Waals surface area (Å²) in [4.78, 5) is 12.4. The minimum absolute atomic E-state index is 0.267. The third-order valence-corrected chi connectivity index (χ3v) is 3.61. The number of ether oxygens (including phenoxy) is 1. The molecule has 116 valence electrons. The molecule has 3 nitrogen and oxygen atoms in total. The van der Waals surface area contributed by atoms with Crippen molar-refractivity contribution in [3.63, 3.8) is 0 Å². The monoisotopic (exact) mass is 337 g/mol. The number of para-hydroxylation sites is 1. The number of amides is 1. The standard InChI is InChI=1S/C17H17Cl2NO2/c1-2-3-10-22-16-7-5-4-6-13(16)17(21)20-15-9-8-12(18)11-14(15)19/h4-9,11H,2-3,10H2,1H3,(H,20,21). The summed E-state index contributed by atoms with van der Waals surface area (Å²) in [5, 5.41) is 3.69. The Hall–Kier alpha value is -1.71. The molecule has 0 aliphatic carbocycles. The lowest BCUT2D eigenvalue weighted by atomic mass is 10.2. The van der Waals surface area contributed by atoms with Crippen molar-refractivity contribution in [1.29, 1.82) is 0 Å². The molecule has 0 spiro atoms. The zero-order valence-corrected chi connectivity index (χ0v) is 13.7. The van der Waals surface area contributed by atoms with Crippen LogP contribution < -0.4 is 10.1 Å². The molecule has 0 heterocycles. The molecule has 0 aliphatic rings. The van der Waals surface area contributed by atoms with Gasteiger partial charge in [0.2, 0.25) is 0 Å². The lowest BCUT2D eigenvalue weighted by Gasteiger charge is -2.12. The average molecular weight is 338 g/mol. The molecule has 1 N–H and O–H groups in total. The maximum atomic E-state index is 12.4. The van der Waals surface area contributed by atoms with Crippen molar-refractivity contribution >= 4 is 34.8 Å². The number of hydrogen-bond acceptors (Lipinski definition) is 2. The number of halogens is 2. The molecule has 0 atom stereocenters. The Bertz CT molecular complexity index is 659. The topological polar surface area (TPSA) is 38.3 Å². The van der Waals surface area contributed by atoms with E-state index < -0.39 is 0 Å². The van der Waals surface area contributed by atoms with Crippen LogP contribution in [0.1, 0.15) is 30.1 Å². The molecule has 2 aromatic rings. The van der Waals surface area contributed by atoms with E-state index in [0.717, 1.165) is 12.8 Å². The van der Waals surface area contributed by atoms with Gasteiger partial charge in [-0.3, -0.25) is 4.79 Å². The molecular formula is C17H17Cl2NO2. The fourth-order valence-electron chi connectivity index (χ4n) is 1.89. The van der Waals surface area contributed by atoms with Crippen LogP contribution in [0.15, 0.2) is 42.5 Å². The van der Waals surface area contributed by atoms with Crippen LogP contribution in [0.2, 0.25) is 10.0 Å². The zero-order valence-electron chi connectivity index (χ0n) is 12.2. The van der Waals surface area contributed by atoms with Gasteiger partial charge in [0.1, 0.15) is 5.75 Å².